The van der Waals surface area contributed by atoms with Gasteiger partial charge in [-0.05, 0) is 28.1 Å². The maximum Gasteiger partial charge on any atom is 0.243 e. The van der Waals surface area contributed by atoms with Crippen molar-refractivity contribution in [2.75, 3.05) is 5.73 Å². The van der Waals surface area contributed by atoms with E-state index in [1.807, 2.05) is 0 Å². The van der Waals surface area contributed by atoms with E-state index in [0.717, 1.165) is 12.1 Å². The first-order chi connectivity index (χ1) is 8.90. The van der Waals surface area contributed by atoms with Crippen molar-refractivity contribution in [2.45, 2.75) is 11.4 Å². The zero-order valence-electron chi connectivity index (χ0n) is 9.43. The summed E-state index contributed by atoms with van der Waals surface area (Å²) in [4.78, 5) is -0.208. The first-order valence-corrected chi connectivity index (χ1v) is 7.31. The number of nitrogens with zero attached hydrogens (tertiary/aromatic N) is 1. The smallest absolute Gasteiger partial charge is 0.243 e. The second-order valence-corrected chi connectivity index (χ2v) is 6.20. The van der Waals surface area contributed by atoms with E-state index < -0.39 is 15.8 Å². The molecule has 0 atom stereocenters. The number of aromatic nitrogens is 1. The van der Waals surface area contributed by atoms with Crippen LogP contribution in [0.2, 0.25) is 0 Å². The molecule has 1 aromatic carbocycles. The van der Waals surface area contributed by atoms with Crippen LogP contribution in [-0.4, -0.2) is 13.6 Å². The van der Waals surface area contributed by atoms with Crippen molar-refractivity contribution in [3.63, 3.8) is 0 Å². The van der Waals surface area contributed by atoms with Gasteiger partial charge in [-0.15, -0.1) is 0 Å². The van der Waals surface area contributed by atoms with Gasteiger partial charge in [-0.1, -0.05) is 5.16 Å². The predicted molar refractivity (Wildman–Crippen MR) is 69.0 cm³/mol. The molecule has 102 valence electrons. The number of rotatable bonds is 4. The second kappa shape index (κ2) is 5.27. The summed E-state index contributed by atoms with van der Waals surface area (Å²) >= 11 is 2.91. The lowest BCUT2D eigenvalue weighted by Gasteiger charge is -2.09. The van der Waals surface area contributed by atoms with E-state index in [-0.39, 0.29) is 21.6 Å². The minimum atomic E-state index is -3.87. The zero-order valence-corrected chi connectivity index (χ0v) is 11.8. The molecule has 0 aliphatic rings. The molecule has 0 spiro atoms. The van der Waals surface area contributed by atoms with Crippen LogP contribution in [-0.2, 0) is 16.6 Å². The van der Waals surface area contributed by atoms with E-state index in [0.29, 0.717) is 5.76 Å². The Morgan fingerprint density at radius 1 is 1.47 bits per heavy atom. The van der Waals surface area contributed by atoms with Gasteiger partial charge in [-0.3, -0.25) is 0 Å². The Kier molecular flexibility index (Phi) is 3.88. The molecule has 3 N–H and O–H groups in total. The molecule has 1 aromatic heterocycles. The maximum absolute atomic E-state index is 13.2. The van der Waals surface area contributed by atoms with Crippen LogP contribution in [0, 0.1) is 5.82 Å². The third kappa shape index (κ3) is 3.11. The number of nitrogens with one attached hydrogen (secondary N) is 1. The van der Waals surface area contributed by atoms with Crippen molar-refractivity contribution >= 4 is 31.6 Å². The lowest BCUT2D eigenvalue weighted by molar-refractivity contribution is 0.380. The Morgan fingerprint density at radius 2 is 2.21 bits per heavy atom. The minimum absolute atomic E-state index is 0.0155. The summed E-state index contributed by atoms with van der Waals surface area (Å²) in [6.45, 7) is -0.0726. The summed E-state index contributed by atoms with van der Waals surface area (Å²) in [6, 6.07) is 3.56. The van der Waals surface area contributed by atoms with Crippen LogP contribution in [0.5, 0.6) is 0 Å². The molecule has 0 saturated heterocycles. The number of hydrogen-bond donors (Lipinski definition) is 2. The monoisotopic (exact) mass is 349 g/mol. The van der Waals surface area contributed by atoms with Crippen molar-refractivity contribution in [3.05, 3.63) is 40.4 Å². The SMILES string of the molecule is Nc1cc(F)c(Br)cc1S(=O)(=O)NCc1ccno1. The van der Waals surface area contributed by atoms with Crippen LogP contribution < -0.4 is 10.5 Å². The Labute approximate surface area is 117 Å². The van der Waals surface area contributed by atoms with Crippen LogP contribution in [0.25, 0.3) is 0 Å². The van der Waals surface area contributed by atoms with Crippen LogP contribution in [0.3, 0.4) is 0 Å². The lowest BCUT2D eigenvalue weighted by Crippen LogP contribution is -2.24. The summed E-state index contributed by atoms with van der Waals surface area (Å²) in [6.07, 6.45) is 1.40. The predicted octanol–water partition coefficient (Wildman–Crippen LogP) is 1.64. The number of nitrogens with two attached hydrogens (primary N) is 1. The molecule has 0 bridgehead atoms. The molecule has 0 radical (unpaired) electrons. The van der Waals surface area contributed by atoms with Gasteiger partial charge in [0.1, 0.15) is 10.7 Å². The topological polar surface area (TPSA) is 98.2 Å². The highest BCUT2D eigenvalue weighted by Gasteiger charge is 2.20. The van der Waals surface area contributed by atoms with Crippen molar-refractivity contribution in [3.8, 4) is 0 Å². The van der Waals surface area contributed by atoms with Gasteiger partial charge >= 0.3 is 0 Å². The largest absolute Gasteiger partial charge is 0.398 e. The van der Waals surface area contributed by atoms with Gasteiger partial charge in [-0.25, -0.2) is 17.5 Å². The molecule has 2 aromatic rings. The van der Waals surface area contributed by atoms with Crippen molar-refractivity contribution in [2.24, 2.45) is 0 Å². The molecule has 19 heavy (non-hydrogen) atoms. The van der Waals surface area contributed by atoms with Crippen LogP contribution in [0.1, 0.15) is 5.76 Å². The van der Waals surface area contributed by atoms with E-state index in [1.165, 1.54) is 12.3 Å². The molecule has 2 rings (SSSR count). The summed E-state index contributed by atoms with van der Waals surface area (Å²) in [5.74, 6) is -0.282. The van der Waals surface area contributed by atoms with E-state index in [2.05, 4.69) is 25.8 Å². The number of nitrogen functional groups attached to an aromatic ring is 1. The highest BCUT2D eigenvalue weighted by molar-refractivity contribution is 9.10. The Balaban J connectivity index is 2.27. The van der Waals surface area contributed by atoms with Gasteiger partial charge in [-0.2, -0.15) is 0 Å². The molecular weight excluding hydrogens is 341 g/mol. The average molecular weight is 350 g/mol. The number of hydrogen-bond acceptors (Lipinski definition) is 5. The van der Waals surface area contributed by atoms with Crippen molar-refractivity contribution < 1.29 is 17.3 Å². The highest BCUT2D eigenvalue weighted by Crippen LogP contribution is 2.26. The van der Waals surface area contributed by atoms with Crippen LogP contribution in [0.4, 0.5) is 10.1 Å². The second-order valence-electron chi connectivity index (χ2n) is 3.61. The minimum Gasteiger partial charge on any atom is -0.398 e. The molecular formula is C10H9BrFN3O3S. The van der Waals surface area contributed by atoms with Gasteiger partial charge in [0.25, 0.3) is 0 Å². The van der Waals surface area contributed by atoms with Gasteiger partial charge in [0, 0.05) is 6.07 Å². The fraction of sp³-hybridized carbons (Fsp3) is 0.100. The third-order valence-electron chi connectivity index (χ3n) is 2.27. The molecule has 0 amide bonds. The van der Waals surface area contributed by atoms with Gasteiger partial charge in [0.2, 0.25) is 10.0 Å². The molecule has 0 aliphatic carbocycles. The van der Waals surface area contributed by atoms with Gasteiger partial charge in [0.05, 0.1) is 22.9 Å². The number of halogens is 2. The average Bonchev–Trinajstić information content (AvgIpc) is 2.84. The molecule has 9 heteroatoms. The van der Waals surface area contributed by atoms with E-state index >= 15 is 0 Å². The lowest BCUT2D eigenvalue weighted by atomic mass is 10.3. The fourth-order valence-electron chi connectivity index (χ4n) is 1.35. The number of anilines is 1. The Hall–Kier alpha value is -1.45. The fourth-order valence-corrected chi connectivity index (χ4v) is 2.98. The number of benzene rings is 1. The molecule has 0 unspecified atom stereocenters. The van der Waals surface area contributed by atoms with E-state index in [9.17, 15) is 12.8 Å². The Morgan fingerprint density at radius 3 is 2.84 bits per heavy atom. The molecule has 0 fully saturated rings. The highest BCUT2D eigenvalue weighted by atomic mass is 79.9. The zero-order chi connectivity index (χ0) is 14.0. The van der Waals surface area contributed by atoms with Crippen LogP contribution >= 0.6 is 15.9 Å². The normalized spacial score (nSPS) is 11.7. The van der Waals surface area contributed by atoms with Crippen molar-refractivity contribution in [1.82, 2.24) is 9.88 Å². The molecule has 6 nitrogen and oxygen atoms in total. The summed E-state index contributed by atoms with van der Waals surface area (Å²) < 4.78 is 44.3. The first kappa shape index (κ1) is 14.0. The molecule has 1 heterocycles. The van der Waals surface area contributed by atoms with Crippen molar-refractivity contribution in [1.29, 1.82) is 0 Å². The summed E-state index contributed by atoms with van der Waals surface area (Å²) in [5.41, 5.74) is 5.33. The summed E-state index contributed by atoms with van der Waals surface area (Å²) in [7, 11) is -3.87. The molecule has 0 aliphatic heterocycles. The van der Waals surface area contributed by atoms with Crippen LogP contribution in [0.15, 0.2) is 38.3 Å². The number of sulfonamides is 1. The quantitative estimate of drug-likeness (QED) is 0.817. The maximum atomic E-state index is 13.2. The Bertz CT molecular complexity index is 688. The first-order valence-electron chi connectivity index (χ1n) is 5.04. The van der Waals surface area contributed by atoms with E-state index in [1.54, 1.807) is 0 Å². The van der Waals surface area contributed by atoms with E-state index in [4.69, 9.17) is 10.3 Å². The standard InChI is InChI=1S/C10H9BrFN3O3S/c11-7-3-10(9(13)4-8(7)12)19(16,17)15-5-6-1-2-14-18-6/h1-4,15H,5,13H2. The summed E-state index contributed by atoms with van der Waals surface area (Å²) in [5, 5.41) is 3.45. The van der Waals surface area contributed by atoms with Gasteiger partial charge < -0.3 is 10.3 Å². The van der Waals surface area contributed by atoms with Gasteiger partial charge in [0.15, 0.2) is 5.76 Å². The third-order valence-corrected chi connectivity index (χ3v) is 4.33. The molecule has 0 saturated carbocycles.